The van der Waals surface area contributed by atoms with Gasteiger partial charge in [0, 0.05) is 39.7 Å². The number of hydrogen-bond donors (Lipinski definition) is 2. The van der Waals surface area contributed by atoms with E-state index in [1.807, 2.05) is 0 Å². The Morgan fingerprint density at radius 1 is 1.67 bits per heavy atom. The van der Waals surface area contributed by atoms with E-state index in [1.165, 1.54) is 0 Å². The van der Waals surface area contributed by atoms with Gasteiger partial charge in [0.15, 0.2) is 0 Å². The molecule has 0 aromatic carbocycles. The summed E-state index contributed by atoms with van der Waals surface area (Å²) in [7, 11) is 1.61. The molecule has 2 N–H and O–H groups in total. The lowest BCUT2D eigenvalue weighted by Gasteiger charge is -2.20. The molecule has 0 aliphatic carbocycles. The van der Waals surface area contributed by atoms with Crippen molar-refractivity contribution in [3.63, 3.8) is 0 Å². The van der Waals surface area contributed by atoms with Crippen LogP contribution in [0, 0.1) is 0 Å². The molecule has 0 radical (unpaired) electrons. The van der Waals surface area contributed by atoms with Gasteiger partial charge in [0.2, 0.25) is 5.91 Å². The number of aliphatic hydroxyl groups is 1. The summed E-state index contributed by atoms with van der Waals surface area (Å²) >= 11 is 0. The van der Waals surface area contributed by atoms with Gasteiger partial charge in [-0.15, -0.1) is 0 Å². The molecule has 0 aromatic rings. The van der Waals surface area contributed by atoms with E-state index in [9.17, 15) is 9.90 Å². The van der Waals surface area contributed by atoms with E-state index in [2.05, 4.69) is 5.32 Å². The second-order valence-corrected chi connectivity index (χ2v) is 3.90. The van der Waals surface area contributed by atoms with Crippen molar-refractivity contribution in [3.05, 3.63) is 0 Å². The number of hydrogen-bond acceptors (Lipinski definition) is 4. The third-order valence-electron chi connectivity index (χ3n) is 2.45. The monoisotopic (exact) mass is 217 g/mol. The second-order valence-electron chi connectivity index (χ2n) is 3.90. The van der Waals surface area contributed by atoms with Gasteiger partial charge in [0.25, 0.3) is 0 Å². The first-order chi connectivity index (χ1) is 7.16. The summed E-state index contributed by atoms with van der Waals surface area (Å²) in [6, 6.07) is 0. The minimum atomic E-state index is -0.864. The van der Waals surface area contributed by atoms with Crippen molar-refractivity contribution in [2.75, 3.05) is 33.5 Å². The third kappa shape index (κ3) is 4.59. The summed E-state index contributed by atoms with van der Waals surface area (Å²) in [5, 5.41) is 12.5. The summed E-state index contributed by atoms with van der Waals surface area (Å²) < 4.78 is 9.91. The number of nitrogens with one attached hydrogen (secondary N) is 1. The van der Waals surface area contributed by atoms with Crippen molar-refractivity contribution in [1.82, 2.24) is 5.32 Å². The van der Waals surface area contributed by atoms with Crippen LogP contribution in [0.1, 0.15) is 19.3 Å². The van der Waals surface area contributed by atoms with Crippen LogP contribution in [0.4, 0.5) is 0 Å². The highest BCUT2D eigenvalue weighted by molar-refractivity contribution is 5.75. The lowest BCUT2D eigenvalue weighted by Crippen LogP contribution is -2.43. The number of rotatable bonds is 6. The first-order valence-electron chi connectivity index (χ1n) is 5.22. The molecule has 1 rings (SSSR count). The average Bonchev–Trinajstić information content (AvgIpc) is 2.64. The lowest BCUT2D eigenvalue weighted by molar-refractivity contribution is -0.122. The molecule has 1 fully saturated rings. The van der Waals surface area contributed by atoms with Crippen LogP contribution in [0.2, 0.25) is 0 Å². The van der Waals surface area contributed by atoms with Crippen LogP contribution < -0.4 is 5.32 Å². The van der Waals surface area contributed by atoms with E-state index < -0.39 is 5.60 Å². The molecule has 5 nitrogen and oxygen atoms in total. The molecular formula is C10H19NO4. The Morgan fingerprint density at radius 3 is 3.07 bits per heavy atom. The van der Waals surface area contributed by atoms with Crippen molar-refractivity contribution in [3.8, 4) is 0 Å². The minimum Gasteiger partial charge on any atom is -0.386 e. The first-order valence-corrected chi connectivity index (χ1v) is 5.22. The van der Waals surface area contributed by atoms with E-state index in [1.54, 1.807) is 7.11 Å². The van der Waals surface area contributed by atoms with E-state index in [-0.39, 0.29) is 12.5 Å². The van der Waals surface area contributed by atoms with Gasteiger partial charge in [-0.05, 0) is 6.42 Å². The van der Waals surface area contributed by atoms with Crippen molar-refractivity contribution in [2.45, 2.75) is 24.9 Å². The summed E-state index contributed by atoms with van der Waals surface area (Å²) in [5.41, 5.74) is -0.864. The Balaban J connectivity index is 2.10. The molecule has 88 valence electrons. The maximum absolute atomic E-state index is 11.3. The van der Waals surface area contributed by atoms with Crippen LogP contribution >= 0.6 is 0 Å². The number of carbonyl (C=O) groups is 1. The summed E-state index contributed by atoms with van der Waals surface area (Å²) in [6.45, 7) is 1.74. The Morgan fingerprint density at radius 2 is 2.47 bits per heavy atom. The Labute approximate surface area is 89.8 Å². The van der Waals surface area contributed by atoms with Crippen LogP contribution in [0.5, 0.6) is 0 Å². The van der Waals surface area contributed by atoms with Crippen LogP contribution in [0.15, 0.2) is 0 Å². The predicted octanol–water partition coefficient (Wildman–Crippen LogP) is -0.319. The predicted molar refractivity (Wildman–Crippen MR) is 54.5 cm³/mol. The molecule has 0 saturated carbocycles. The quantitative estimate of drug-likeness (QED) is 0.598. The van der Waals surface area contributed by atoms with Gasteiger partial charge in [-0.1, -0.05) is 0 Å². The topological polar surface area (TPSA) is 67.8 Å². The van der Waals surface area contributed by atoms with Crippen molar-refractivity contribution in [1.29, 1.82) is 0 Å². The summed E-state index contributed by atoms with van der Waals surface area (Å²) in [5.74, 6) is -0.0487. The molecule has 1 atom stereocenters. The van der Waals surface area contributed by atoms with Crippen molar-refractivity contribution < 1.29 is 19.4 Å². The zero-order valence-corrected chi connectivity index (χ0v) is 9.12. The molecular weight excluding hydrogens is 198 g/mol. The highest BCUT2D eigenvalue weighted by Crippen LogP contribution is 2.16. The maximum Gasteiger partial charge on any atom is 0.220 e. The van der Waals surface area contributed by atoms with E-state index in [4.69, 9.17) is 9.47 Å². The number of methoxy groups -OCH3 is 1. The largest absolute Gasteiger partial charge is 0.386 e. The summed E-state index contributed by atoms with van der Waals surface area (Å²) in [6.07, 6.45) is 1.73. The minimum absolute atomic E-state index is 0.0487. The molecule has 1 amide bonds. The fraction of sp³-hybridized carbons (Fsp3) is 0.900. The fourth-order valence-electron chi connectivity index (χ4n) is 1.46. The molecule has 1 heterocycles. The van der Waals surface area contributed by atoms with Gasteiger partial charge >= 0.3 is 0 Å². The van der Waals surface area contributed by atoms with E-state index in [0.29, 0.717) is 39.1 Å². The van der Waals surface area contributed by atoms with Crippen molar-refractivity contribution >= 4 is 5.91 Å². The summed E-state index contributed by atoms with van der Waals surface area (Å²) in [4.78, 5) is 11.3. The fourth-order valence-corrected chi connectivity index (χ4v) is 1.46. The van der Waals surface area contributed by atoms with E-state index >= 15 is 0 Å². The SMILES string of the molecule is COCCCC(=O)NCC1(O)CCOC1. The Bertz CT molecular complexity index is 202. The smallest absolute Gasteiger partial charge is 0.220 e. The maximum atomic E-state index is 11.3. The Hall–Kier alpha value is -0.650. The van der Waals surface area contributed by atoms with Crippen molar-refractivity contribution in [2.24, 2.45) is 0 Å². The van der Waals surface area contributed by atoms with E-state index in [0.717, 1.165) is 0 Å². The zero-order chi connectivity index (χ0) is 11.1. The number of carbonyl (C=O) groups excluding carboxylic acids is 1. The third-order valence-corrected chi connectivity index (χ3v) is 2.45. The molecule has 0 spiro atoms. The van der Waals surface area contributed by atoms with Gasteiger partial charge in [-0.2, -0.15) is 0 Å². The normalized spacial score (nSPS) is 25.5. The second kappa shape index (κ2) is 6.05. The Kier molecular flexibility index (Phi) is 5.01. The van der Waals surface area contributed by atoms with Crippen LogP contribution in [-0.4, -0.2) is 50.1 Å². The highest BCUT2D eigenvalue weighted by atomic mass is 16.5. The average molecular weight is 217 g/mol. The highest BCUT2D eigenvalue weighted by Gasteiger charge is 2.32. The molecule has 1 unspecified atom stereocenters. The number of amides is 1. The standard InChI is InChI=1S/C10H19NO4/c1-14-5-2-3-9(12)11-7-10(13)4-6-15-8-10/h13H,2-8H2,1H3,(H,11,12). The van der Waals surface area contributed by atoms with Gasteiger partial charge in [-0.3, -0.25) is 4.79 Å². The first kappa shape index (κ1) is 12.4. The molecule has 5 heteroatoms. The molecule has 1 aliphatic heterocycles. The molecule has 1 aliphatic rings. The molecule has 1 saturated heterocycles. The van der Waals surface area contributed by atoms with Gasteiger partial charge in [-0.25, -0.2) is 0 Å². The van der Waals surface area contributed by atoms with Crippen LogP contribution in [0.3, 0.4) is 0 Å². The molecule has 0 bridgehead atoms. The van der Waals surface area contributed by atoms with Crippen LogP contribution in [-0.2, 0) is 14.3 Å². The molecule has 0 aromatic heterocycles. The number of ether oxygens (including phenoxy) is 2. The van der Waals surface area contributed by atoms with Gasteiger partial charge in [0.05, 0.1) is 6.61 Å². The zero-order valence-electron chi connectivity index (χ0n) is 9.12. The molecule has 15 heavy (non-hydrogen) atoms. The van der Waals surface area contributed by atoms with Gasteiger partial charge in [0.1, 0.15) is 5.60 Å². The van der Waals surface area contributed by atoms with Gasteiger partial charge < -0.3 is 19.9 Å². The lowest BCUT2D eigenvalue weighted by atomic mass is 10.0. The van der Waals surface area contributed by atoms with Crippen LogP contribution in [0.25, 0.3) is 0 Å².